The van der Waals surface area contributed by atoms with E-state index in [0.717, 1.165) is 24.2 Å². The Hall–Kier alpha value is -1.40. The number of methoxy groups -OCH3 is 1. The highest BCUT2D eigenvalue weighted by molar-refractivity contribution is 9.10. The van der Waals surface area contributed by atoms with E-state index in [9.17, 15) is 4.39 Å². The minimum absolute atomic E-state index is 0.294. The van der Waals surface area contributed by atoms with Gasteiger partial charge in [0, 0.05) is 32.1 Å². The third-order valence-corrected chi connectivity index (χ3v) is 3.77. The molecule has 0 saturated carbocycles. The standard InChI is InChI=1S/C15H19BrFN3O/c1-10-7-12(16)13(17)8-14(10)19-15-18-11(2)9-20(15)5-4-6-21-3/h7-9H,4-6H2,1-3H3,(H,18,19). The number of ether oxygens (including phenoxy) is 1. The lowest BCUT2D eigenvalue weighted by atomic mass is 10.2. The lowest BCUT2D eigenvalue weighted by Gasteiger charge is -2.12. The molecule has 2 rings (SSSR count). The Bertz CT molecular complexity index is 628. The minimum atomic E-state index is -0.294. The zero-order chi connectivity index (χ0) is 15.4. The van der Waals surface area contributed by atoms with Gasteiger partial charge in [-0.25, -0.2) is 9.37 Å². The molecule has 1 aromatic carbocycles. The highest BCUT2D eigenvalue weighted by Gasteiger charge is 2.10. The van der Waals surface area contributed by atoms with Gasteiger partial charge in [-0.2, -0.15) is 0 Å². The molecule has 0 unspecified atom stereocenters. The number of rotatable bonds is 6. The Labute approximate surface area is 132 Å². The second-order valence-corrected chi connectivity index (χ2v) is 5.81. The van der Waals surface area contributed by atoms with Crippen LogP contribution in [0.3, 0.4) is 0 Å². The molecule has 0 amide bonds. The summed E-state index contributed by atoms with van der Waals surface area (Å²) in [5.41, 5.74) is 2.59. The number of anilines is 2. The number of hydrogen-bond donors (Lipinski definition) is 1. The normalized spacial score (nSPS) is 10.9. The Balaban J connectivity index is 2.21. The number of nitrogens with zero attached hydrogens (tertiary/aromatic N) is 2. The molecule has 6 heteroatoms. The van der Waals surface area contributed by atoms with Crippen LogP contribution in [0.5, 0.6) is 0 Å². The van der Waals surface area contributed by atoms with Gasteiger partial charge in [0.05, 0.1) is 10.2 Å². The van der Waals surface area contributed by atoms with Gasteiger partial charge in [-0.3, -0.25) is 0 Å². The molecular formula is C15H19BrFN3O. The number of halogens is 2. The molecule has 0 spiro atoms. The monoisotopic (exact) mass is 355 g/mol. The summed E-state index contributed by atoms with van der Waals surface area (Å²) in [6, 6.07) is 3.23. The zero-order valence-corrected chi connectivity index (χ0v) is 14.0. The molecule has 114 valence electrons. The van der Waals surface area contributed by atoms with Gasteiger partial charge in [0.25, 0.3) is 0 Å². The van der Waals surface area contributed by atoms with E-state index in [1.165, 1.54) is 6.07 Å². The Kier molecular flexibility index (Phi) is 5.36. The molecule has 21 heavy (non-hydrogen) atoms. The first-order valence-electron chi connectivity index (χ1n) is 6.76. The van der Waals surface area contributed by atoms with Crippen molar-refractivity contribution in [3.63, 3.8) is 0 Å². The number of nitrogens with one attached hydrogen (secondary N) is 1. The van der Waals surface area contributed by atoms with Crippen molar-refractivity contribution >= 4 is 27.6 Å². The van der Waals surface area contributed by atoms with Gasteiger partial charge in [-0.15, -0.1) is 0 Å². The maximum absolute atomic E-state index is 13.7. The molecule has 1 N–H and O–H groups in total. The van der Waals surface area contributed by atoms with Crippen molar-refractivity contribution in [3.8, 4) is 0 Å². The lowest BCUT2D eigenvalue weighted by Crippen LogP contribution is -2.06. The van der Waals surface area contributed by atoms with E-state index in [1.807, 2.05) is 24.6 Å². The minimum Gasteiger partial charge on any atom is -0.385 e. The van der Waals surface area contributed by atoms with Crippen LogP contribution >= 0.6 is 15.9 Å². The fourth-order valence-electron chi connectivity index (χ4n) is 2.10. The lowest BCUT2D eigenvalue weighted by molar-refractivity contribution is 0.190. The quantitative estimate of drug-likeness (QED) is 0.790. The Morgan fingerprint density at radius 2 is 2.14 bits per heavy atom. The fraction of sp³-hybridized carbons (Fsp3) is 0.400. The van der Waals surface area contributed by atoms with Crippen LogP contribution in [-0.2, 0) is 11.3 Å². The number of imidazole rings is 1. The summed E-state index contributed by atoms with van der Waals surface area (Å²) >= 11 is 3.19. The van der Waals surface area contributed by atoms with Crippen molar-refractivity contribution in [2.45, 2.75) is 26.8 Å². The third-order valence-electron chi connectivity index (χ3n) is 3.16. The maximum atomic E-state index is 13.7. The van der Waals surface area contributed by atoms with Crippen LogP contribution in [0.25, 0.3) is 0 Å². The van der Waals surface area contributed by atoms with E-state index < -0.39 is 0 Å². The summed E-state index contributed by atoms with van der Waals surface area (Å²) < 4.78 is 21.2. The highest BCUT2D eigenvalue weighted by atomic mass is 79.9. The smallest absolute Gasteiger partial charge is 0.207 e. The maximum Gasteiger partial charge on any atom is 0.207 e. The van der Waals surface area contributed by atoms with Gasteiger partial charge in [-0.1, -0.05) is 0 Å². The second kappa shape index (κ2) is 7.04. The van der Waals surface area contributed by atoms with Gasteiger partial charge in [-0.05, 0) is 53.9 Å². The van der Waals surface area contributed by atoms with Crippen LogP contribution < -0.4 is 5.32 Å². The summed E-state index contributed by atoms with van der Waals surface area (Å²) in [6.07, 6.45) is 2.87. The average molecular weight is 356 g/mol. The van der Waals surface area contributed by atoms with Crippen LogP contribution in [-0.4, -0.2) is 23.3 Å². The van der Waals surface area contributed by atoms with Gasteiger partial charge in [0.1, 0.15) is 5.82 Å². The summed E-state index contributed by atoms with van der Waals surface area (Å²) in [7, 11) is 1.69. The molecule has 0 atom stereocenters. The first kappa shape index (κ1) is 16.0. The summed E-state index contributed by atoms with van der Waals surface area (Å²) in [5, 5.41) is 3.21. The van der Waals surface area contributed by atoms with Crippen molar-refractivity contribution in [1.82, 2.24) is 9.55 Å². The zero-order valence-electron chi connectivity index (χ0n) is 12.4. The number of aryl methyl sites for hydroxylation is 3. The number of hydrogen-bond acceptors (Lipinski definition) is 3. The molecule has 0 aliphatic rings. The molecule has 4 nitrogen and oxygen atoms in total. The average Bonchev–Trinajstić information content (AvgIpc) is 2.76. The third kappa shape index (κ3) is 4.04. The van der Waals surface area contributed by atoms with Crippen LogP contribution in [0.4, 0.5) is 16.0 Å². The number of benzene rings is 1. The molecule has 0 aliphatic carbocycles. The number of aromatic nitrogens is 2. The van der Waals surface area contributed by atoms with Crippen LogP contribution in [0, 0.1) is 19.7 Å². The second-order valence-electron chi connectivity index (χ2n) is 4.95. The van der Waals surface area contributed by atoms with Crippen LogP contribution in [0.2, 0.25) is 0 Å². The van der Waals surface area contributed by atoms with E-state index in [0.29, 0.717) is 22.7 Å². The van der Waals surface area contributed by atoms with Crippen LogP contribution in [0.1, 0.15) is 17.7 Å². The van der Waals surface area contributed by atoms with E-state index in [-0.39, 0.29) is 5.82 Å². The predicted octanol–water partition coefficient (Wildman–Crippen LogP) is 4.18. The van der Waals surface area contributed by atoms with Gasteiger partial charge >= 0.3 is 0 Å². The topological polar surface area (TPSA) is 39.1 Å². The molecule has 0 aliphatic heterocycles. The van der Waals surface area contributed by atoms with Crippen molar-refractivity contribution in [1.29, 1.82) is 0 Å². The van der Waals surface area contributed by atoms with E-state index in [2.05, 4.69) is 26.2 Å². The van der Waals surface area contributed by atoms with Gasteiger partial charge in [0.15, 0.2) is 0 Å². The van der Waals surface area contributed by atoms with Gasteiger partial charge < -0.3 is 14.6 Å². The largest absolute Gasteiger partial charge is 0.385 e. The summed E-state index contributed by atoms with van der Waals surface area (Å²) in [4.78, 5) is 4.45. The van der Waals surface area contributed by atoms with Crippen molar-refractivity contribution < 1.29 is 9.13 Å². The van der Waals surface area contributed by atoms with E-state index >= 15 is 0 Å². The first-order valence-corrected chi connectivity index (χ1v) is 7.56. The fourth-order valence-corrected chi connectivity index (χ4v) is 2.56. The summed E-state index contributed by atoms with van der Waals surface area (Å²) in [5.74, 6) is 0.422. The summed E-state index contributed by atoms with van der Waals surface area (Å²) in [6.45, 7) is 5.36. The Morgan fingerprint density at radius 1 is 1.38 bits per heavy atom. The molecule has 0 radical (unpaired) electrons. The molecule has 0 saturated heterocycles. The molecular weight excluding hydrogens is 337 g/mol. The SMILES string of the molecule is COCCCn1cc(C)nc1Nc1cc(F)c(Br)cc1C. The van der Waals surface area contributed by atoms with Gasteiger partial charge in [0.2, 0.25) is 5.95 Å². The molecule has 0 fully saturated rings. The highest BCUT2D eigenvalue weighted by Crippen LogP contribution is 2.26. The molecule has 0 bridgehead atoms. The van der Waals surface area contributed by atoms with Crippen molar-refractivity contribution in [2.24, 2.45) is 0 Å². The van der Waals surface area contributed by atoms with E-state index in [4.69, 9.17) is 4.74 Å². The first-order chi connectivity index (χ1) is 10.0. The molecule has 2 aromatic rings. The van der Waals surface area contributed by atoms with Crippen molar-refractivity contribution in [3.05, 3.63) is 39.9 Å². The van der Waals surface area contributed by atoms with Crippen molar-refractivity contribution in [2.75, 3.05) is 19.0 Å². The van der Waals surface area contributed by atoms with E-state index in [1.54, 1.807) is 13.2 Å². The Morgan fingerprint density at radius 3 is 2.86 bits per heavy atom. The molecule has 1 aromatic heterocycles. The predicted molar refractivity (Wildman–Crippen MR) is 85.6 cm³/mol. The van der Waals surface area contributed by atoms with Crippen LogP contribution in [0.15, 0.2) is 22.8 Å². The molecule has 1 heterocycles.